The first-order chi connectivity index (χ1) is 16.5. The summed E-state index contributed by atoms with van der Waals surface area (Å²) in [6.07, 6.45) is 29.0. The Labute approximate surface area is 215 Å². The zero-order chi connectivity index (χ0) is 25.6. The van der Waals surface area contributed by atoms with E-state index in [1.807, 2.05) is 14.1 Å². The highest BCUT2D eigenvalue weighted by molar-refractivity contribution is 7.86. The molecule has 4 nitrogen and oxygen atoms in total. The van der Waals surface area contributed by atoms with Gasteiger partial charge in [0, 0.05) is 0 Å². The molecule has 0 saturated heterocycles. The fraction of sp³-hybridized carbons (Fsp3) is 1.00. The molecule has 0 saturated carbocycles. The molecule has 0 bridgehead atoms. The molecule has 0 aliphatic rings. The van der Waals surface area contributed by atoms with Crippen LogP contribution in [0.3, 0.4) is 0 Å². The average molecular weight is 506 g/mol. The summed E-state index contributed by atoms with van der Waals surface area (Å²) in [6, 6.07) is 0. The summed E-state index contributed by atoms with van der Waals surface area (Å²) in [5.41, 5.74) is 0. The van der Waals surface area contributed by atoms with Gasteiger partial charge in [-0.15, -0.1) is 0 Å². The van der Waals surface area contributed by atoms with Gasteiger partial charge in [-0.3, -0.25) is 4.18 Å². The first-order valence-electron chi connectivity index (χ1n) is 15.0. The predicted molar refractivity (Wildman–Crippen MR) is 152 cm³/mol. The van der Waals surface area contributed by atoms with E-state index >= 15 is 0 Å². The van der Waals surface area contributed by atoms with Crippen molar-refractivity contribution in [2.24, 2.45) is 0 Å². The van der Waals surface area contributed by atoms with Crippen LogP contribution in [0.5, 0.6) is 0 Å². The Morgan fingerprint density at radius 2 is 0.735 bits per heavy atom. The third kappa shape index (κ3) is 34.0. The second kappa shape index (κ2) is 30.9. The quantitative estimate of drug-likeness (QED) is 0.0940. The zero-order valence-corrected chi connectivity index (χ0v) is 24.6. The lowest BCUT2D eigenvalue weighted by Crippen LogP contribution is -2.11. The second-order valence-corrected chi connectivity index (χ2v) is 11.8. The van der Waals surface area contributed by atoms with Crippen molar-refractivity contribution in [1.82, 2.24) is 5.32 Å². The molecule has 0 aromatic heterocycles. The molecule has 0 spiro atoms. The standard InChI is InChI=1S/C27H56O3S.C2H7N/c1-3-5-7-9-11-13-15-16-17-18-20-22-24-26-30-31(28,29)27-25-23-21-19-14-12-10-8-6-4-2;1-3-2/h3-27H2,1-2H3;3H,1-2H3. The van der Waals surface area contributed by atoms with Gasteiger partial charge in [0.15, 0.2) is 0 Å². The Bertz CT molecular complexity index is 454. The molecule has 0 aromatic carbocycles. The fourth-order valence-corrected chi connectivity index (χ4v) is 5.18. The Kier molecular flexibility index (Phi) is 32.7. The molecule has 0 fully saturated rings. The molecule has 0 unspecified atom stereocenters. The summed E-state index contributed by atoms with van der Waals surface area (Å²) < 4.78 is 29.1. The maximum atomic E-state index is 12.0. The van der Waals surface area contributed by atoms with Crippen LogP contribution in [0.2, 0.25) is 0 Å². The third-order valence-corrected chi connectivity index (χ3v) is 7.57. The molecule has 0 atom stereocenters. The van der Waals surface area contributed by atoms with Crippen LogP contribution in [0.4, 0.5) is 0 Å². The van der Waals surface area contributed by atoms with Crippen molar-refractivity contribution in [1.29, 1.82) is 0 Å². The minimum Gasteiger partial charge on any atom is -0.323 e. The van der Waals surface area contributed by atoms with Crippen LogP contribution >= 0.6 is 0 Å². The molecule has 0 heterocycles. The Hall–Kier alpha value is -0.130. The van der Waals surface area contributed by atoms with E-state index in [2.05, 4.69) is 19.2 Å². The van der Waals surface area contributed by atoms with Gasteiger partial charge in [-0.1, -0.05) is 149 Å². The number of rotatable bonds is 26. The van der Waals surface area contributed by atoms with E-state index in [9.17, 15) is 8.42 Å². The summed E-state index contributed by atoms with van der Waals surface area (Å²) in [5.74, 6) is 0.196. The average Bonchev–Trinajstić information content (AvgIpc) is 2.81. The number of unbranched alkanes of at least 4 members (excludes halogenated alkanes) is 21. The van der Waals surface area contributed by atoms with Crippen molar-refractivity contribution in [2.45, 2.75) is 162 Å². The number of hydrogen-bond acceptors (Lipinski definition) is 4. The zero-order valence-electron chi connectivity index (χ0n) is 23.8. The highest BCUT2D eigenvalue weighted by Crippen LogP contribution is 2.14. The summed E-state index contributed by atoms with van der Waals surface area (Å²) in [5, 5.41) is 2.75. The molecular weight excluding hydrogens is 442 g/mol. The lowest BCUT2D eigenvalue weighted by Gasteiger charge is -2.06. The van der Waals surface area contributed by atoms with Gasteiger partial charge in [-0.2, -0.15) is 8.42 Å². The summed E-state index contributed by atoms with van der Waals surface area (Å²) in [6.45, 7) is 4.89. The van der Waals surface area contributed by atoms with Gasteiger partial charge in [-0.25, -0.2) is 0 Å². The monoisotopic (exact) mass is 505 g/mol. The van der Waals surface area contributed by atoms with Gasteiger partial charge in [-0.05, 0) is 26.9 Å². The van der Waals surface area contributed by atoms with Crippen LogP contribution in [0.25, 0.3) is 0 Å². The summed E-state index contributed by atoms with van der Waals surface area (Å²) in [7, 11) is 0.444. The van der Waals surface area contributed by atoms with Crippen LogP contribution in [-0.2, 0) is 14.3 Å². The SMILES string of the molecule is CCCCCCCCCCCCCCCOS(=O)(=O)CCCCCCCCCCCC.CNC. The van der Waals surface area contributed by atoms with Crippen LogP contribution < -0.4 is 5.32 Å². The van der Waals surface area contributed by atoms with Gasteiger partial charge < -0.3 is 5.32 Å². The van der Waals surface area contributed by atoms with Crippen molar-refractivity contribution in [3.05, 3.63) is 0 Å². The Morgan fingerprint density at radius 3 is 1.06 bits per heavy atom. The van der Waals surface area contributed by atoms with Gasteiger partial charge in [0.1, 0.15) is 0 Å². The summed E-state index contributed by atoms with van der Waals surface area (Å²) >= 11 is 0. The van der Waals surface area contributed by atoms with Crippen LogP contribution in [0.1, 0.15) is 162 Å². The molecule has 5 heteroatoms. The van der Waals surface area contributed by atoms with E-state index in [0.29, 0.717) is 6.61 Å². The predicted octanol–water partition coefficient (Wildman–Crippen LogP) is 9.18. The summed E-state index contributed by atoms with van der Waals surface area (Å²) in [4.78, 5) is 0. The Morgan fingerprint density at radius 1 is 0.471 bits per heavy atom. The third-order valence-electron chi connectivity index (χ3n) is 6.26. The second-order valence-electron chi connectivity index (χ2n) is 10.0. The molecule has 0 aromatic rings. The molecule has 1 N–H and O–H groups in total. The molecule has 0 aliphatic heterocycles. The largest absolute Gasteiger partial charge is 0.323 e. The smallest absolute Gasteiger partial charge is 0.267 e. The molecular formula is C29H63NO3S. The van der Waals surface area contributed by atoms with E-state index in [1.165, 1.54) is 116 Å². The van der Waals surface area contributed by atoms with Gasteiger partial charge in [0.05, 0.1) is 12.4 Å². The highest BCUT2D eigenvalue weighted by atomic mass is 32.2. The van der Waals surface area contributed by atoms with E-state index in [-0.39, 0.29) is 5.75 Å². The van der Waals surface area contributed by atoms with Crippen molar-refractivity contribution in [3.63, 3.8) is 0 Å². The molecule has 0 rings (SSSR count). The molecule has 0 radical (unpaired) electrons. The topological polar surface area (TPSA) is 55.4 Å². The van der Waals surface area contributed by atoms with Gasteiger partial charge >= 0.3 is 0 Å². The van der Waals surface area contributed by atoms with E-state index in [1.54, 1.807) is 0 Å². The van der Waals surface area contributed by atoms with Crippen molar-refractivity contribution in [2.75, 3.05) is 26.5 Å². The van der Waals surface area contributed by atoms with Crippen LogP contribution in [0.15, 0.2) is 0 Å². The van der Waals surface area contributed by atoms with Crippen molar-refractivity contribution in [3.8, 4) is 0 Å². The minimum atomic E-state index is -3.31. The molecule has 0 amide bonds. The van der Waals surface area contributed by atoms with E-state index < -0.39 is 10.1 Å². The number of nitrogens with one attached hydrogen (secondary N) is 1. The lowest BCUT2D eigenvalue weighted by molar-refractivity contribution is 0.305. The van der Waals surface area contributed by atoms with Crippen LogP contribution in [-0.4, -0.2) is 34.9 Å². The van der Waals surface area contributed by atoms with Crippen LogP contribution in [0, 0.1) is 0 Å². The normalized spacial score (nSPS) is 11.4. The van der Waals surface area contributed by atoms with E-state index in [0.717, 1.165) is 32.1 Å². The van der Waals surface area contributed by atoms with Crippen molar-refractivity contribution >= 4 is 10.1 Å². The number of hydrogen-bond donors (Lipinski definition) is 1. The van der Waals surface area contributed by atoms with Gasteiger partial charge in [0.25, 0.3) is 10.1 Å². The van der Waals surface area contributed by atoms with Gasteiger partial charge in [0.2, 0.25) is 0 Å². The fourth-order valence-electron chi connectivity index (χ4n) is 4.13. The lowest BCUT2D eigenvalue weighted by atomic mass is 10.0. The minimum absolute atomic E-state index is 0.196. The highest BCUT2D eigenvalue weighted by Gasteiger charge is 2.10. The first-order valence-corrected chi connectivity index (χ1v) is 16.6. The Balaban J connectivity index is 0. The van der Waals surface area contributed by atoms with Crippen molar-refractivity contribution < 1.29 is 12.6 Å². The first kappa shape index (κ1) is 36.0. The maximum absolute atomic E-state index is 12.0. The van der Waals surface area contributed by atoms with E-state index in [4.69, 9.17) is 4.18 Å². The molecule has 34 heavy (non-hydrogen) atoms. The maximum Gasteiger partial charge on any atom is 0.267 e. The molecule has 0 aliphatic carbocycles. The molecule has 208 valence electrons.